The zero-order chi connectivity index (χ0) is 12.1. The maximum atomic E-state index is 11.0. The quantitative estimate of drug-likeness (QED) is 0.871. The lowest BCUT2D eigenvalue weighted by molar-refractivity contribution is 0.0690. The van der Waals surface area contributed by atoms with Gasteiger partial charge in [-0.1, -0.05) is 19.3 Å². The van der Waals surface area contributed by atoms with E-state index >= 15 is 0 Å². The molecule has 4 heteroatoms. The van der Waals surface area contributed by atoms with Crippen LogP contribution < -0.4 is 4.74 Å². The number of ether oxygens (including phenoxy) is 1. The summed E-state index contributed by atoms with van der Waals surface area (Å²) in [5.41, 5.74) is 0.142. The number of aromatic carboxylic acids is 1. The van der Waals surface area contributed by atoms with Crippen LogP contribution >= 0.6 is 0 Å². The predicted molar refractivity (Wildman–Crippen MR) is 63.3 cm³/mol. The Morgan fingerprint density at radius 1 is 1.41 bits per heavy atom. The molecule has 0 atom stereocenters. The maximum absolute atomic E-state index is 11.0. The van der Waals surface area contributed by atoms with E-state index in [9.17, 15) is 4.79 Å². The summed E-state index contributed by atoms with van der Waals surface area (Å²) in [4.78, 5) is 14.8. The number of pyridine rings is 1. The molecule has 0 radical (unpaired) electrons. The monoisotopic (exact) mass is 235 g/mol. The Bertz CT molecular complexity index is 386. The molecule has 2 rings (SSSR count). The van der Waals surface area contributed by atoms with Gasteiger partial charge in [0.05, 0.1) is 6.61 Å². The molecule has 0 amide bonds. The molecule has 1 aliphatic rings. The Morgan fingerprint density at radius 2 is 2.18 bits per heavy atom. The largest absolute Gasteiger partial charge is 0.492 e. The zero-order valence-corrected chi connectivity index (χ0v) is 9.76. The molecule has 1 aliphatic carbocycles. The van der Waals surface area contributed by atoms with Crippen molar-refractivity contribution in [2.24, 2.45) is 5.92 Å². The van der Waals surface area contributed by atoms with Crippen LogP contribution in [0.25, 0.3) is 0 Å². The molecule has 1 aromatic rings. The summed E-state index contributed by atoms with van der Waals surface area (Å²) in [6.45, 7) is 0.615. The Balaban J connectivity index is 1.96. The molecule has 1 N–H and O–H groups in total. The SMILES string of the molecule is O=C(O)c1cnccc1OCC1CCCCC1. The van der Waals surface area contributed by atoms with Crippen LogP contribution in [0.2, 0.25) is 0 Å². The van der Waals surface area contributed by atoms with Gasteiger partial charge >= 0.3 is 5.97 Å². The third-order valence-corrected chi connectivity index (χ3v) is 3.21. The molecule has 0 bridgehead atoms. The average molecular weight is 235 g/mol. The minimum absolute atomic E-state index is 0.142. The second-order valence-corrected chi connectivity index (χ2v) is 4.49. The molecule has 4 nitrogen and oxygen atoms in total. The first-order valence-electron chi connectivity index (χ1n) is 6.07. The Kier molecular flexibility index (Phi) is 3.96. The highest BCUT2D eigenvalue weighted by Crippen LogP contribution is 2.25. The summed E-state index contributed by atoms with van der Waals surface area (Å²) in [6.07, 6.45) is 9.10. The third kappa shape index (κ3) is 3.19. The molecule has 92 valence electrons. The molecule has 1 aromatic heterocycles. The second-order valence-electron chi connectivity index (χ2n) is 4.49. The van der Waals surface area contributed by atoms with Gasteiger partial charge in [0.1, 0.15) is 11.3 Å². The molecule has 0 spiro atoms. The van der Waals surface area contributed by atoms with E-state index in [0.29, 0.717) is 18.3 Å². The van der Waals surface area contributed by atoms with Gasteiger partial charge in [-0.3, -0.25) is 4.98 Å². The fraction of sp³-hybridized carbons (Fsp3) is 0.538. The van der Waals surface area contributed by atoms with Gasteiger partial charge in [-0.25, -0.2) is 4.79 Å². The third-order valence-electron chi connectivity index (χ3n) is 3.21. The fourth-order valence-electron chi connectivity index (χ4n) is 2.23. The molecule has 0 saturated heterocycles. The number of carboxylic acids is 1. The molecule has 1 heterocycles. The van der Waals surface area contributed by atoms with Crippen molar-refractivity contribution in [1.82, 2.24) is 4.98 Å². The van der Waals surface area contributed by atoms with Crippen molar-refractivity contribution in [3.63, 3.8) is 0 Å². The highest BCUT2D eigenvalue weighted by atomic mass is 16.5. The molecule has 1 saturated carbocycles. The molecular weight excluding hydrogens is 218 g/mol. The topological polar surface area (TPSA) is 59.4 Å². The smallest absolute Gasteiger partial charge is 0.341 e. The number of carbonyl (C=O) groups is 1. The van der Waals surface area contributed by atoms with Crippen LogP contribution in [0.4, 0.5) is 0 Å². The van der Waals surface area contributed by atoms with Crippen LogP contribution in [0.1, 0.15) is 42.5 Å². The maximum Gasteiger partial charge on any atom is 0.341 e. The van der Waals surface area contributed by atoms with Crippen LogP contribution in [0.3, 0.4) is 0 Å². The van der Waals surface area contributed by atoms with Crippen molar-refractivity contribution in [2.45, 2.75) is 32.1 Å². The summed E-state index contributed by atoms with van der Waals surface area (Å²) < 4.78 is 5.62. The molecule has 17 heavy (non-hydrogen) atoms. The van der Waals surface area contributed by atoms with E-state index in [1.807, 2.05) is 0 Å². The minimum atomic E-state index is -0.989. The second kappa shape index (κ2) is 5.66. The molecule has 1 fully saturated rings. The Hall–Kier alpha value is -1.58. The lowest BCUT2D eigenvalue weighted by atomic mass is 9.90. The number of hydrogen-bond acceptors (Lipinski definition) is 3. The van der Waals surface area contributed by atoms with Gasteiger partial charge in [0.15, 0.2) is 0 Å². The minimum Gasteiger partial charge on any atom is -0.492 e. The van der Waals surface area contributed by atoms with E-state index in [2.05, 4.69) is 4.98 Å². The molecule has 0 unspecified atom stereocenters. The van der Waals surface area contributed by atoms with E-state index < -0.39 is 5.97 Å². The summed E-state index contributed by atoms with van der Waals surface area (Å²) >= 11 is 0. The van der Waals surface area contributed by atoms with Crippen molar-refractivity contribution in [1.29, 1.82) is 0 Å². The van der Waals surface area contributed by atoms with Crippen LogP contribution in [0.5, 0.6) is 5.75 Å². The normalized spacial score (nSPS) is 16.7. The number of nitrogens with zero attached hydrogens (tertiary/aromatic N) is 1. The zero-order valence-electron chi connectivity index (χ0n) is 9.76. The first kappa shape index (κ1) is 11.9. The average Bonchev–Trinajstić information content (AvgIpc) is 2.38. The Labute approximate surface area is 101 Å². The van der Waals surface area contributed by atoms with E-state index in [4.69, 9.17) is 9.84 Å². The van der Waals surface area contributed by atoms with E-state index in [0.717, 1.165) is 0 Å². The summed E-state index contributed by atoms with van der Waals surface area (Å²) in [6, 6.07) is 1.62. The van der Waals surface area contributed by atoms with Gasteiger partial charge in [0.2, 0.25) is 0 Å². The highest BCUT2D eigenvalue weighted by molar-refractivity contribution is 5.90. The number of hydrogen-bond donors (Lipinski definition) is 1. The van der Waals surface area contributed by atoms with Crippen molar-refractivity contribution < 1.29 is 14.6 Å². The fourth-order valence-corrected chi connectivity index (χ4v) is 2.23. The summed E-state index contributed by atoms with van der Waals surface area (Å²) in [5.74, 6) is 0.00776. The van der Waals surface area contributed by atoms with Crippen molar-refractivity contribution >= 4 is 5.97 Å². The van der Waals surface area contributed by atoms with Crippen LogP contribution in [-0.2, 0) is 0 Å². The molecule has 0 aliphatic heterocycles. The van der Waals surface area contributed by atoms with Crippen LogP contribution in [0, 0.1) is 5.92 Å². The van der Waals surface area contributed by atoms with Crippen molar-refractivity contribution in [2.75, 3.05) is 6.61 Å². The van der Waals surface area contributed by atoms with E-state index in [-0.39, 0.29) is 5.56 Å². The van der Waals surface area contributed by atoms with Gasteiger partial charge in [-0.2, -0.15) is 0 Å². The molecular formula is C13H17NO3. The van der Waals surface area contributed by atoms with Gasteiger partial charge in [0, 0.05) is 12.4 Å². The van der Waals surface area contributed by atoms with E-state index in [1.54, 1.807) is 12.3 Å². The summed E-state index contributed by atoms with van der Waals surface area (Å²) in [7, 11) is 0. The van der Waals surface area contributed by atoms with Crippen molar-refractivity contribution in [3.05, 3.63) is 24.0 Å². The Morgan fingerprint density at radius 3 is 2.88 bits per heavy atom. The number of carboxylic acid groups (broad SMARTS) is 1. The van der Waals surface area contributed by atoms with Crippen LogP contribution in [0.15, 0.2) is 18.5 Å². The van der Waals surface area contributed by atoms with Crippen molar-refractivity contribution in [3.8, 4) is 5.75 Å². The number of aromatic nitrogens is 1. The lowest BCUT2D eigenvalue weighted by Crippen LogP contribution is -2.16. The first-order chi connectivity index (χ1) is 8.27. The highest BCUT2D eigenvalue weighted by Gasteiger charge is 2.16. The van der Waals surface area contributed by atoms with Gasteiger partial charge in [0.25, 0.3) is 0 Å². The van der Waals surface area contributed by atoms with Gasteiger partial charge in [-0.15, -0.1) is 0 Å². The van der Waals surface area contributed by atoms with Gasteiger partial charge < -0.3 is 9.84 Å². The first-order valence-corrected chi connectivity index (χ1v) is 6.07. The lowest BCUT2D eigenvalue weighted by Gasteiger charge is -2.21. The number of rotatable bonds is 4. The van der Waals surface area contributed by atoms with E-state index in [1.165, 1.54) is 38.3 Å². The van der Waals surface area contributed by atoms with Crippen LogP contribution in [-0.4, -0.2) is 22.7 Å². The predicted octanol–water partition coefficient (Wildman–Crippen LogP) is 2.74. The standard InChI is InChI=1S/C13H17NO3/c15-13(16)11-8-14-7-6-12(11)17-9-10-4-2-1-3-5-10/h6-8,10H,1-5,9H2,(H,15,16). The van der Waals surface area contributed by atoms with Gasteiger partial charge in [-0.05, 0) is 24.8 Å². The molecule has 0 aromatic carbocycles. The summed E-state index contributed by atoms with van der Waals surface area (Å²) in [5, 5.41) is 8.98.